The fourth-order valence-electron chi connectivity index (χ4n) is 3.20. The van der Waals surface area contributed by atoms with Gasteiger partial charge in [0, 0.05) is 30.2 Å². The fourth-order valence-corrected chi connectivity index (χ4v) is 3.32. The monoisotopic (exact) mass is 402 g/mol. The molecule has 28 heavy (non-hydrogen) atoms. The molecule has 0 aromatic heterocycles. The zero-order chi connectivity index (χ0) is 19.9. The summed E-state index contributed by atoms with van der Waals surface area (Å²) in [5.74, 6) is -0.620. The molecule has 1 aliphatic rings. The Hall–Kier alpha value is -2.41. The van der Waals surface area contributed by atoms with E-state index in [1.165, 1.54) is 7.11 Å². The van der Waals surface area contributed by atoms with Crippen LogP contribution in [0.4, 0.5) is 0 Å². The number of benzene rings is 2. The van der Waals surface area contributed by atoms with Gasteiger partial charge >= 0.3 is 5.97 Å². The van der Waals surface area contributed by atoms with Gasteiger partial charge in [0.1, 0.15) is 0 Å². The maximum absolute atomic E-state index is 12.6. The van der Waals surface area contributed by atoms with Crippen LogP contribution in [0.1, 0.15) is 32.3 Å². The molecule has 1 aliphatic heterocycles. The Labute approximate surface area is 169 Å². The number of nitrogens with one attached hydrogen (secondary N) is 1. The van der Waals surface area contributed by atoms with Gasteiger partial charge in [0.2, 0.25) is 0 Å². The Morgan fingerprint density at radius 2 is 1.68 bits per heavy atom. The Bertz CT molecular complexity index is 802. The molecule has 1 N–H and O–H groups in total. The van der Waals surface area contributed by atoms with Gasteiger partial charge in [-0.15, -0.1) is 0 Å². The molecule has 0 spiro atoms. The number of ether oxygens (including phenoxy) is 2. The van der Waals surface area contributed by atoms with Crippen molar-refractivity contribution >= 4 is 23.5 Å². The summed E-state index contributed by atoms with van der Waals surface area (Å²) in [6.07, 6.45) is 0. The van der Waals surface area contributed by atoms with E-state index in [-0.39, 0.29) is 11.9 Å². The van der Waals surface area contributed by atoms with E-state index in [1.807, 2.05) is 24.3 Å². The molecule has 7 heteroatoms. The number of carbonyl (C=O) groups is 2. The lowest BCUT2D eigenvalue weighted by Crippen LogP contribution is -2.43. The van der Waals surface area contributed by atoms with Gasteiger partial charge in [-0.25, -0.2) is 4.79 Å². The maximum atomic E-state index is 12.6. The predicted octanol–water partition coefficient (Wildman–Crippen LogP) is 2.93. The molecule has 1 fully saturated rings. The van der Waals surface area contributed by atoms with Crippen LogP contribution in [0.5, 0.6) is 0 Å². The average molecular weight is 403 g/mol. The van der Waals surface area contributed by atoms with Crippen LogP contribution in [0.2, 0.25) is 5.02 Å². The molecule has 148 valence electrons. The number of hydrogen-bond donors (Lipinski definition) is 1. The second kappa shape index (κ2) is 9.68. The molecule has 2 aromatic rings. The standard InChI is InChI=1S/C21H23ClN2O4/c1-27-21(26)17-4-2-16(3-5-17)20(25)23-14-19(24-10-12-28-13-11-24)15-6-8-18(22)9-7-15/h2-9,19H,10-14H2,1H3,(H,23,25). The fraction of sp³-hybridized carbons (Fsp3) is 0.333. The van der Waals surface area contributed by atoms with E-state index in [9.17, 15) is 9.59 Å². The van der Waals surface area contributed by atoms with Crippen molar-refractivity contribution in [2.24, 2.45) is 0 Å². The summed E-state index contributed by atoms with van der Waals surface area (Å²) >= 11 is 6.02. The number of hydrogen-bond acceptors (Lipinski definition) is 5. The molecule has 3 rings (SSSR count). The van der Waals surface area contributed by atoms with E-state index in [1.54, 1.807) is 24.3 Å². The molecule has 1 heterocycles. The van der Waals surface area contributed by atoms with E-state index in [4.69, 9.17) is 16.3 Å². The van der Waals surface area contributed by atoms with E-state index in [2.05, 4.69) is 15.0 Å². The Balaban J connectivity index is 1.69. The van der Waals surface area contributed by atoms with Gasteiger partial charge in [-0.2, -0.15) is 0 Å². The largest absolute Gasteiger partial charge is 0.465 e. The molecule has 0 saturated carbocycles. The van der Waals surface area contributed by atoms with E-state index in [0.717, 1.165) is 18.7 Å². The third-order valence-electron chi connectivity index (χ3n) is 4.77. The number of methoxy groups -OCH3 is 1. The molecule has 1 saturated heterocycles. The molecule has 1 atom stereocenters. The summed E-state index contributed by atoms with van der Waals surface area (Å²) in [6.45, 7) is 3.41. The lowest BCUT2D eigenvalue weighted by Gasteiger charge is -2.35. The molecule has 0 aliphatic carbocycles. The van der Waals surface area contributed by atoms with Crippen LogP contribution in [0, 0.1) is 0 Å². The molecular formula is C21H23ClN2O4. The van der Waals surface area contributed by atoms with Crippen LogP contribution in [-0.2, 0) is 9.47 Å². The highest BCUT2D eigenvalue weighted by atomic mass is 35.5. The number of esters is 1. The minimum atomic E-state index is -0.429. The van der Waals surface area contributed by atoms with Gasteiger partial charge in [-0.1, -0.05) is 23.7 Å². The third kappa shape index (κ3) is 5.10. The molecule has 0 bridgehead atoms. The first-order chi connectivity index (χ1) is 13.6. The number of rotatable bonds is 6. The van der Waals surface area contributed by atoms with Crippen molar-refractivity contribution in [3.8, 4) is 0 Å². The quantitative estimate of drug-likeness (QED) is 0.752. The van der Waals surface area contributed by atoms with Crippen LogP contribution in [0.15, 0.2) is 48.5 Å². The first-order valence-corrected chi connectivity index (χ1v) is 9.50. The first kappa shape index (κ1) is 20.3. The average Bonchev–Trinajstić information content (AvgIpc) is 2.75. The van der Waals surface area contributed by atoms with Crippen LogP contribution in [0.3, 0.4) is 0 Å². The predicted molar refractivity (Wildman–Crippen MR) is 107 cm³/mol. The summed E-state index contributed by atoms with van der Waals surface area (Å²) in [5, 5.41) is 3.68. The van der Waals surface area contributed by atoms with E-state index < -0.39 is 5.97 Å². The number of carbonyl (C=O) groups excluding carboxylic acids is 2. The van der Waals surface area contributed by atoms with Crippen molar-refractivity contribution in [3.63, 3.8) is 0 Å². The first-order valence-electron chi connectivity index (χ1n) is 9.12. The third-order valence-corrected chi connectivity index (χ3v) is 5.02. The van der Waals surface area contributed by atoms with Crippen LogP contribution in [-0.4, -0.2) is 56.7 Å². The van der Waals surface area contributed by atoms with E-state index in [0.29, 0.717) is 35.9 Å². The molecule has 0 radical (unpaired) electrons. The van der Waals surface area contributed by atoms with Gasteiger partial charge in [0.25, 0.3) is 5.91 Å². The summed E-state index contributed by atoms with van der Waals surface area (Å²) in [7, 11) is 1.32. The van der Waals surface area contributed by atoms with Crippen molar-refractivity contribution in [1.29, 1.82) is 0 Å². The zero-order valence-corrected chi connectivity index (χ0v) is 16.4. The summed E-state index contributed by atoms with van der Waals surface area (Å²) < 4.78 is 10.1. The van der Waals surface area contributed by atoms with Crippen molar-refractivity contribution in [1.82, 2.24) is 10.2 Å². The number of morpholine rings is 1. The molecule has 6 nitrogen and oxygen atoms in total. The van der Waals surface area contributed by atoms with Crippen LogP contribution >= 0.6 is 11.6 Å². The van der Waals surface area contributed by atoms with Gasteiger partial charge in [-0.3, -0.25) is 9.69 Å². The van der Waals surface area contributed by atoms with Crippen LogP contribution in [0.25, 0.3) is 0 Å². The summed E-state index contributed by atoms with van der Waals surface area (Å²) in [5.41, 5.74) is 1.99. The Morgan fingerprint density at radius 1 is 1.07 bits per heavy atom. The number of halogens is 1. The van der Waals surface area contributed by atoms with Gasteiger partial charge < -0.3 is 14.8 Å². The zero-order valence-electron chi connectivity index (χ0n) is 15.7. The number of amides is 1. The van der Waals surface area contributed by atoms with E-state index >= 15 is 0 Å². The topological polar surface area (TPSA) is 67.9 Å². The molecule has 1 amide bonds. The lowest BCUT2D eigenvalue weighted by atomic mass is 10.0. The van der Waals surface area contributed by atoms with Crippen molar-refractivity contribution < 1.29 is 19.1 Å². The minimum absolute atomic E-state index is 0.0273. The highest BCUT2D eigenvalue weighted by Crippen LogP contribution is 2.23. The minimum Gasteiger partial charge on any atom is -0.465 e. The highest BCUT2D eigenvalue weighted by molar-refractivity contribution is 6.30. The smallest absolute Gasteiger partial charge is 0.337 e. The van der Waals surface area contributed by atoms with Gasteiger partial charge in [0.15, 0.2) is 0 Å². The maximum Gasteiger partial charge on any atom is 0.337 e. The lowest BCUT2D eigenvalue weighted by molar-refractivity contribution is 0.0162. The van der Waals surface area contributed by atoms with Crippen LogP contribution < -0.4 is 5.32 Å². The number of nitrogens with zero attached hydrogens (tertiary/aromatic N) is 1. The molecule has 2 aromatic carbocycles. The highest BCUT2D eigenvalue weighted by Gasteiger charge is 2.23. The Morgan fingerprint density at radius 3 is 2.29 bits per heavy atom. The normalized spacial score (nSPS) is 15.6. The van der Waals surface area contributed by atoms with Gasteiger partial charge in [-0.05, 0) is 42.0 Å². The molecule has 1 unspecified atom stereocenters. The summed E-state index contributed by atoms with van der Waals surface area (Å²) in [4.78, 5) is 26.4. The van der Waals surface area contributed by atoms with Crippen molar-refractivity contribution in [2.75, 3.05) is 40.0 Å². The second-order valence-electron chi connectivity index (χ2n) is 6.49. The van der Waals surface area contributed by atoms with Crippen molar-refractivity contribution in [3.05, 3.63) is 70.2 Å². The van der Waals surface area contributed by atoms with Gasteiger partial charge in [0.05, 0.1) is 31.9 Å². The molecular weight excluding hydrogens is 380 g/mol. The SMILES string of the molecule is COC(=O)c1ccc(C(=O)NCC(c2ccc(Cl)cc2)N2CCOCC2)cc1. The second-order valence-corrected chi connectivity index (χ2v) is 6.93. The Kier molecular flexibility index (Phi) is 7.03. The summed E-state index contributed by atoms with van der Waals surface area (Å²) in [6, 6.07) is 14.1. The van der Waals surface area contributed by atoms with Crippen molar-refractivity contribution in [2.45, 2.75) is 6.04 Å².